The van der Waals surface area contributed by atoms with Crippen LogP contribution in [0.1, 0.15) is 25.3 Å². The molecular formula is C11H11FO. The molecule has 1 aromatic rings. The van der Waals surface area contributed by atoms with E-state index in [1.54, 1.807) is 19.1 Å². The van der Waals surface area contributed by atoms with Crippen LogP contribution in [0.25, 0.3) is 0 Å². The number of hydrogen-bond donors (Lipinski definition) is 0. The lowest BCUT2D eigenvalue weighted by atomic mass is 9.92. The predicted octanol–water partition coefficient (Wildman–Crippen LogP) is 2.45. The SMILES string of the molecule is CC(=O)C1(c2ccc(F)cc2)CC1. The van der Waals surface area contributed by atoms with Crippen molar-refractivity contribution in [3.8, 4) is 0 Å². The fourth-order valence-electron chi connectivity index (χ4n) is 1.74. The second kappa shape index (κ2) is 2.66. The number of carbonyl (C=O) groups is 1. The van der Waals surface area contributed by atoms with E-state index in [1.807, 2.05) is 0 Å². The number of carbonyl (C=O) groups excluding carboxylic acids is 1. The maximum atomic E-state index is 12.6. The van der Waals surface area contributed by atoms with Crippen molar-refractivity contribution in [3.63, 3.8) is 0 Å². The molecule has 1 fully saturated rings. The first kappa shape index (κ1) is 8.42. The number of hydrogen-bond acceptors (Lipinski definition) is 1. The van der Waals surface area contributed by atoms with Gasteiger partial charge in [-0.3, -0.25) is 4.79 Å². The Balaban J connectivity index is 2.36. The Labute approximate surface area is 76.6 Å². The van der Waals surface area contributed by atoms with Gasteiger partial charge < -0.3 is 0 Å². The van der Waals surface area contributed by atoms with Gasteiger partial charge >= 0.3 is 0 Å². The van der Waals surface area contributed by atoms with Crippen molar-refractivity contribution in [1.82, 2.24) is 0 Å². The van der Waals surface area contributed by atoms with Gasteiger partial charge in [-0.15, -0.1) is 0 Å². The van der Waals surface area contributed by atoms with Gasteiger partial charge in [0.25, 0.3) is 0 Å². The summed E-state index contributed by atoms with van der Waals surface area (Å²) >= 11 is 0. The van der Waals surface area contributed by atoms with Crippen LogP contribution in [0.2, 0.25) is 0 Å². The quantitative estimate of drug-likeness (QED) is 0.679. The van der Waals surface area contributed by atoms with Crippen LogP contribution in [-0.2, 0) is 10.2 Å². The Kier molecular flexibility index (Phi) is 1.72. The molecule has 13 heavy (non-hydrogen) atoms. The van der Waals surface area contributed by atoms with E-state index in [-0.39, 0.29) is 17.0 Å². The summed E-state index contributed by atoms with van der Waals surface area (Å²) in [4.78, 5) is 11.3. The molecule has 0 atom stereocenters. The second-order valence-electron chi connectivity index (χ2n) is 3.65. The summed E-state index contributed by atoms with van der Waals surface area (Å²) in [7, 11) is 0. The van der Waals surface area contributed by atoms with Gasteiger partial charge in [0.2, 0.25) is 0 Å². The topological polar surface area (TPSA) is 17.1 Å². The molecule has 0 unspecified atom stereocenters. The molecule has 2 heteroatoms. The number of Topliss-reactive ketones (excluding diaryl/α,β-unsaturated/α-hetero) is 1. The van der Waals surface area contributed by atoms with E-state index < -0.39 is 0 Å². The van der Waals surface area contributed by atoms with Gasteiger partial charge in [-0.25, -0.2) is 4.39 Å². The lowest BCUT2D eigenvalue weighted by Gasteiger charge is -2.10. The first-order valence-corrected chi connectivity index (χ1v) is 4.42. The van der Waals surface area contributed by atoms with Crippen LogP contribution in [0.4, 0.5) is 4.39 Å². The van der Waals surface area contributed by atoms with Crippen molar-refractivity contribution in [2.24, 2.45) is 0 Å². The molecule has 1 aliphatic carbocycles. The highest BCUT2D eigenvalue weighted by Gasteiger charge is 2.48. The van der Waals surface area contributed by atoms with Crippen molar-refractivity contribution >= 4 is 5.78 Å². The number of ketones is 1. The summed E-state index contributed by atoms with van der Waals surface area (Å²) in [5.74, 6) is -0.0535. The monoisotopic (exact) mass is 178 g/mol. The molecule has 0 aliphatic heterocycles. The van der Waals surface area contributed by atoms with Crippen LogP contribution < -0.4 is 0 Å². The normalized spacial score (nSPS) is 18.3. The van der Waals surface area contributed by atoms with E-state index in [4.69, 9.17) is 0 Å². The van der Waals surface area contributed by atoms with Gasteiger partial charge in [0.15, 0.2) is 0 Å². The third-order valence-corrected chi connectivity index (χ3v) is 2.82. The van der Waals surface area contributed by atoms with Gasteiger partial charge in [-0.05, 0) is 37.5 Å². The smallest absolute Gasteiger partial charge is 0.140 e. The average Bonchev–Trinajstić information content (AvgIpc) is 2.86. The van der Waals surface area contributed by atoms with Crippen molar-refractivity contribution in [3.05, 3.63) is 35.6 Å². The summed E-state index contributed by atoms with van der Waals surface area (Å²) in [5.41, 5.74) is 0.689. The van der Waals surface area contributed by atoms with Crippen LogP contribution >= 0.6 is 0 Å². The zero-order chi connectivity index (χ0) is 9.47. The van der Waals surface area contributed by atoms with Crippen LogP contribution in [-0.4, -0.2) is 5.78 Å². The van der Waals surface area contributed by atoms with Gasteiger partial charge in [-0.1, -0.05) is 12.1 Å². The summed E-state index contributed by atoms with van der Waals surface area (Å²) < 4.78 is 12.6. The Morgan fingerprint density at radius 3 is 2.23 bits per heavy atom. The van der Waals surface area contributed by atoms with E-state index in [2.05, 4.69) is 0 Å². The van der Waals surface area contributed by atoms with Crippen LogP contribution in [0.3, 0.4) is 0 Å². The van der Waals surface area contributed by atoms with E-state index in [0.717, 1.165) is 18.4 Å². The minimum Gasteiger partial charge on any atom is -0.299 e. The van der Waals surface area contributed by atoms with Crippen LogP contribution in [0.5, 0.6) is 0 Å². The lowest BCUT2D eigenvalue weighted by Crippen LogP contribution is -2.16. The lowest BCUT2D eigenvalue weighted by molar-refractivity contribution is -0.119. The molecule has 0 radical (unpaired) electrons. The molecule has 68 valence electrons. The number of halogens is 1. The summed E-state index contributed by atoms with van der Waals surface area (Å²) in [6.07, 6.45) is 1.82. The molecule has 0 saturated heterocycles. The zero-order valence-electron chi connectivity index (χ0n) is 7.51. The van der Waals surface area contributed by atoms with Crippen molar-refractivity contribution in [1.29, 1.82) is 0 Å². The Bertz CT molecular complexity index is 336. The predicted molar refractivity (Wildman–Crippen MR) is 48.0 cm³/mol. The minimum absolute atomic E-state index is 0.194. The largest absolute Gasteiger partial charge is 0.299 e. The van der Waals surface area contributed by atoms with E-state index in [1.165, 1.54) is 12.1 Å². The highest BCUT2D eigenvalue weighted by atomic mass is 19.1. The van der Waals surface area contributed by atoms with Gasteiger partial charge in [0.1, 0.15) is 11.6 Å². The summed E-state index contributed by atoms with van der Waals surface area (Å²) in [6.45, 7) is 1.61. The molecule has 0 amide bonds. The molecule has 2 rings (SSSR count). The molecule has 0 heterocycles. The molecule has 1 aromatic carbocycles. The standard InChI is InChI=1S/C11H11FO/c1-8(13)11(6-7-11)9-2-4-10(12)5-3-9/h2-5H,6-7H2,1H3. The minimum atomic E-state index is -0.270. The maximum absolute atomic E-state index is 12.6. The molecule has 0 spiro atoms. The molecular weight excluding hydrogens is 167 g/mol. The van der Waals surface area contributed by atoms with Crippen LogP contribution in [0.15, 0.2) is 24.3 Å². The highest BCUT2D eigenvalue weighted by molar-refractivity contribution is 5.91. The third-order valence-electron chi connectivity index (χ3n) is 2.82. The first-order valence-electron chi connectivity index (χ1n) is 4.42. The van der Waals surface area contributed by atoms with Crippen LogP contribution in [0, 0.1) is 5.82 Å². The van der Waals surface area contributed by atoms with Crippen molar-refractivity contribution in [2.75, 3.05) is 0 Å². The van der Waals surface area contributed by atoms with E-state index in [9.17, 15) is 9.18 Å². The second-order valence-corrected chi connectivity index (χ2v) is 3.65. The van der Waals surface area contributed by atoms with Gasteiger partial charge in [0, 0.05) is 0 Å². The van der Waals surface area contributed by atoms with Gasteiger partial charge in [0.05, 0.1) is 5.41 Å². The maximum Gasteiger partial charge on any atom is 0.140 e. The first-order chi connectivity index (χ1) is 6.15. The molecule has 1 nitrogen and oxygen atoms in total. The molecule has 1 saturated carbocycles. The third kappa shape index (κ3) is 1.26. The number of benzene rings is 1. The van der Waals surface area contributed by atoms with Crippen molar-refractivity contribution in [2.45, 2.75) is 25.2 Å². The van der Waals surface area contributed by atoms with Gasteiger partial charge in [-0.2, -0.15) is 0 Å². The molecule has 0 bridgehead atoms. The molecule has 0 aromatic heterocycles. The van der Waals surface area contributed by atoms with E-state index >= 15 is 0 Å². The number of rotatable bonds is 2. The Morgan fingerprint density at radius 1 is 1.31 bits per heavy atom. The highest BCUT2D eigenvalue weighted by Crippen LogP contribution is 2.48. The molecule has 0 N–H and O–H groups in total. The summed E-state index contributed by atoms with van der Waals surface area (Å²) in [6, 6.07) is 6.25. The van der Waals surface area contributed by atoms with Crippen molar-refractivity contribution < 1.29 is 9.18 Å². The zero-order valence-corrected chi connectivity index (χ0v) is 7.51. The van der Waals surface area contributed by atoms with E-state index in [0.29, 0.717) is 0 Å². The Hall–Kier alpha value is -1.18. The fourth-order valence-corrected chi connectivity index (χ4v) is 1.74. The fraction of sp³-hybridized carbons (Fsp3) is 0.364. The molecule has 1 aliphatic rings. The summed E-state index contributed by atoms with van der Waals surface area (Å²) in [5, 5.41) is 0. The Morgan fingerprint density at radius 2 is 1.85 bits per heavy atom. The average molecular weight is 178 g/mol.